The number of hydrogen-bond acceptors (Lipinski definition) is 2. The van der Waals surface area contributed by atoms with E-state index in [9.17, 15) is 9.59 Å². The predicted molar refractivity (Wildman–Crippen MR) is 103 cm³/mol. The predicted octanol–water partition coefficient (Wildman–Crippen LogP) is 4.52. The molecule has 2 rings (SSSR count). The second-order valence-corrected chi connectivity index (χ2v) is 7.15. The smallest absolute Gasteiger partial charge is 0.239 e. The summed E-state index contributed by atoms with van der Waals surface area (Å²) in [5.74, 6) is -0.668. The zero-order chi connectivity index (χ0) is 18.8. The highest BCUT2D eigenvalue weighted by Crippen LogP contribution is 2.24. The molecule has 4 nitrogen and oxygen atoms in total. The molecule has 0 atom stereocenters. The largest absolute Gasteiger partial charge is 0.325 e. The molecule has 4 heteroatoms. The van der Waals surface area contributed by atoms with Gasteiger partial charge in [0.25, 0.3) is 0 Å². The van der Waals surface area contributed by atoms with Crippen LogP contribution in [0.3, 0.4) is 0 Å². The van der Waals surface area contributed by atoms with Gasteiger partial charge in [0.2, 0.25) is 11.8 Å². The molecule has 0 radical (unpaired) electrons. The Morgan fingerprint density at radius 1 is 0.760 bits per heavy atom. The highest BCUT2D eigenvalue weighted by Gasteiger charge is 2.36. The third-order valence-electron chi connectivity index (χ3n) is 4.53. The normalized spacial score (nSPS) is 11.1. The summed E-state index contributed by atoms with van der Waals surface area (Å²) in [4.78, 5) is 25.3. The Bertz CT molecular complexity index is 823. The maximum Gasteiger partial charge on any atom is 0.239 e. The molecule has 0 heterocycles. The molecule has 0 fully saturated rings. The summed E-state index contributed by atoms with van der Waals surface area (Å²) in [5, 5.41) is 5.71. The van der Waals surface area contributed by atoms with Crippen LogP contribution in [0, 0.1) is 33.1 Å². The first-order valence-corrected chi connectivity index (χ1v) is 8.38. The number of benzene rings is 2. The number of aryl methyl sites for hydroxylation is 4. The Kier molecular flexibility index (Phi) is 5.31. The second-order valence-electron chi connectivity index (χ2n) is 7.15. The third kappa shape index (κ3) is 4.27. The molecular formula is C21H26N2O2. The van der Waals surface area contributed by atoms with E-state index in [2.05, 4.69) is 10.6 Å². The number of amides is 2. The van der Waals surface area contributed by atoms with Crippen LogP contribution in [0.2, 0.25) is 0 Å². The Hall–Kier alpha value is -2.62. The van der Waals surface area contributed by atoms with Crippen LogP contribution in [0.15, 0.2) is 36.4 Å². The number of anilines is 2. The maximum atomic E-state index is 12.7. The average molecular weight is 338 g/mol. The van der Waals surface area contributed by atoms with Crippen LogP contribution in [0.4, 0.5) is 11.4 Å². The molecule has 0 aliphatic rings. The lowest BCUT2D eigenvalue weighted by Crippen LogP contribution is -2.41. The van der Waals surface area contributed by atoms with E-state index < -0.39 is 5.41 Å². The van der Waals surface area contributed by atoms with Gasteiger partial charge in [-0.1, -0.05) is 23.8 Å². The number of carbonyl (C=O) groups excluding carboxylic acids is 2. The summed E-state index contributed by atoms with van der Waals surface area (Å²) in [6.45, 7) is 11.2. The summed E-state index contributed by atoms with van der Waals surface area (Å²) in [6.07, 6.45) is 0. The van der Waals surface area contributed by atoms with Crippen LogP contribution in [0.5, 0.6) is 0 Å². The van der Waals surface area contributed by atoms with E-state index in [1.54, 1.807) is 13.8 Å². The number of hydrogen-bond donors (Lipinski definition) is 2. The fraction of sp³-hybridized carbons (Fsp3) is 0.333. The van der Waals surface area contributed by atoms with Gasteiger partial charge < -0.3 is 10.6 Å². The van der Waals surface area contributed by atoms with Crippen molar-refractivity contribution in [1.29, 1.82) is 0 Å². The van der Waals surface area contributed by atoms with E-state index in [0.29, 0.717) is 5.69 Å². The van der Waals surface area contributed by atoms with Gasteiger partial charge in [-0.25, -0.2) is 0 Å². The molecule has 132 valence electrons. The summed E-state index contributed by atoms with van der Waals surface area (Å²) in [5.41, 5.74) is 4.57. The van der Waals surface area contributed by atoms with Gasteiger partial charge in [-0.15, -0.1) is 0 Å². The number of nitrogens with one attached hydrogen (secondary N) is 2. The minimum Gasteiger partial charge on any atom is -0.325 e. The molecule has 0 saturated carbocycles. The summed E-state index contributed by atoms with van der Waals surface area (Å²) < 4.78 is 0. The van der Waals surface area contributed by atoms with E-state index in [1.165, 1.54) is 0 Å². The topological polar surface area (TPSA) is 58.2 Å². The van der Waals surface area contributed by atoms with Crippen molar-refractivity contribution in [2.24, 2.45) is 5.41 Å². The van der Waals surface area contributed by atoms with Crippen LogP contribution < -0.4 is 10.6 Å². The van der Waals surface area contributed by atoms with Crippen molar-refractivity contribution in [3.8, 4) is 0 Å². The lowest BCUT2D eigenvalue weighted by Gasteiger charge is -2.23. The van der Waals surface area contributed by atoms with Crippen molar-refractivity contribution in [2.75, 3.05) is 10.6 Å². The van der Waals surface area contributed by atoms with Gasteiger partial charge in [0.15, 0.2) is 0 Å². The molecular weight excluding hydrogens is 312 g/mol. The molecule has 0 aromatic heterocycles. The molecule has 0 aliphatic carbocycles. The molecule has 2 N–H and O–H groups in total. The molecule has 2 amide bonds. The molecule has 2 aromatic carbocycles. The van der Waals surface area contributed by atoms with Gasteiger partial charge in [-0.2, -0.15) is 0 Å². The van der Waals surface area contributed by atoms with Crippen molar-refractivity contribution in [3.05, 3.63) is 58.7 Å². The fourth-order valence-electron chi connectivity index (χ4n) is 2.44. The van der Waals surface area contributed by atoms with E-state index in [-0.39, 0.29) is 11.8 Å². The Labute approximate surface area is 149 Å². The Morgan fingerprint density at radius 2 is 1.40 bits per heavy atom. The number of rotatable bonds is 4. The Balaban J connectivity index is 2.13. The molecule has 0 saturated heterocycles. The first kappa shape index (κ1) is 18.7. The quantitative estimate of drug-likeness (QED) is 0.805. The van der Waals surface area contributed by atoms with Gasteiger partial charge in [0.05, 0.1) is 0 Å². The van der Waals surface area contributed by atoms with Crippen molar-refractivity contribution >= 4 is 23.2 Å². The highest BCUT2D eigenvalue weighted by molar-refractivity contribution is 6.14. The minimum absolute atomic E-state index is 0.333. The van der Waals surface area contributed by atoms with Gasteiger partial charge >= 0.3 is 0 Å². The molecule has 0 spiro atoms. The fourth-order valence-corrected chi connectivity index (χ4v) is 2.44. The number of carbonyl (C=O) groups is 2. The van der Waals surface area contributed by atoms with Crippen LogP contribution >= 0.6 is 0 Å². The minimum atomic E-state index is -1.20. The van der Waals surface area contributed by atoms with Crippen LogP contribution in [-0.4, -0.2) is 11.8 Å². The first-order chi connectivity index (χ1) is 11.6. The second kappa shape index (κ2) is 7.09. The van der Waals surface area contributed by atoms with Crippen LogP contribution in [-0.2, 0) is 9.59 Å². The molecule has 0 unspecified atom stereocenters. The first-order valence-electron chi connectivity index (χ1n) is 8.38. The van der Waals surface area contributed by atoms with Crippen LogP contribution in [0.25, 0.3) is 0 Å². The summed E-state index contributed by atoms with van der Waals surface area (Å²) >= 11 is 0. The highest BCUT2D eigenvalue weighted by atomic mass is 16.2. The van der Waals surface area contributed by atoms with E-state index in [4.69, 9.17) is 0 Å². The lowest BCUT2D eigenvalue weighted by atomic mass is 9.90. The monoisotopic (exact) mass is 338 g/mol. The molecule has 2 aromatic rings. The van der Waals surface area contributed by atoms with E-state index in [0.717, 1.165) is 27.9 Å². The lowest BCUT2D eigenvalue weighted by molar-refractivity contribution is -0.135. The van der Waals surface area contributed by atoms with Gasteiger partial charge in [-0.05, 0) is 76.4 Å². The summed E-state index contributed by atoms with van der Waals surface area (Å²) in [6, 6.07) is 11.5. The van der Waals surface area contributed by atoms with E-state index >= 15 is 0 Å². The standard InChI is InChI=1S/C21H26N2O2/c1-13-7-10-18(16(4)11-13)23-20(25)21(5,6)19(24)22-17-9-8-14(2)15(3)12-17/h7-12H,1-6H3,(H,22,24)(H,23,25). The Morgan fingerprint density at radius 3 is 2.00 bits per heavy atom. The molecule has 0 aliphatic heterocycles. The van der Waals surface area contributed by atoms with Gasteiger partial charge in [-0.3, -0.25) is 9.59 Å². The summed E-state index contributed by atoms with van der Waals surface area (Å²) in [7, 11) is 0. The zero-order valence-electron chi connectivity index (χ0n) is 15.8. The van der Waals surface area contributed by atoms with Crippen molar-refractivity contribution in [2.45, 2.75) is 41.5 Å². The van der Waals surface area contributed by atoms with Crippen molar-refractivity contribution < 1.29 is 9.59 Å². The molecule has 0 bridgehead atoms. The zero-order valence-corrected chi connectivity index (χ0v) is 15.8. The third-order valence-corrected chi connectivity index (χ3v) is 4.53. The molecule has 25 heavy (non-hydrogen) atoms. The van der Waals surface area contributed by atoms with Gasteiger partial charge in [0, 0.05) is 11.4 Å². The van der Waals surface area contributed by atoms with Crippen molar-refractivity contribution in [1.82, 2.24) is 0 Å². The average Bonchev–Trinajstić information content (AvgIpc) is 2.53. The maximum absolute atomic E-state index is 12.7. The van der Waals surface area contributed by atoms with Crippen molar-refractivity contribution in [3.63, 3.8) is 0 Å². The van der Waals surface area contributed by atoms with Gasteiger partial charge in [0.1, 0.15) is 5.41 Å². The van der Waals surface area contributed by atoms with Crippen LogP contribution in [0.1, 0.15) is 36.1 Å². The SMILES string of the molecule is Cc1ccc(NC(=O)C(C)(C)C(=O)Nc2ccc(C)c(C)c2)c(C)c1. The van der Waals surface area contributed by atoms with E-state index in [1.807, 2.05) is 64.1 Å².